The summed E-state index contributed by atoms with van der Waals surface area (Å²) in [5.74, 6) is 0.911. The monoisotopic (exact) mass is 380 g/mol. The third-order valence-electron chi connectivity index (χ3n) is 3.84. The lowest BCUT2D eigenvalue weighted by Gasteiger charge is -2.10. The highest BCUT2D eigenvalue weighted by molar-refractivity contribution is 7.16. The minimum absolute atomic E-state index is 0.0685. The Morgan fingerprint density at radius 3 is 2.58 bits per heavy atom. The van der Waals surface area contributed by atoms with Gasteiger partial charge in [0, 0.05) is 16.2 Å². The van der Waals surface area contributed by atoms with Gasteiger partial charge in [-0.15, -0.1) is 10.2 Å². The summed E-state index contributed by atoms with van der Waals surface area (Å²) in [6, 6.07) is 3.70. The van der Waals surface area contributed by atoms with E-state index in [1.54, 1.807) is 0 Å². The summed E-state index contributed by atoms with van der Waals surface area (Å²) < 4.78 is 6.76. The van der Waals surface area contributed by atoms with Gasteiger partial charge in [0.15, 0.2) is 5.01 Å². The normalized spacial score (nSPS) is 11.4. The molecule has 0 atom stereocenters. The molecule has 7 heteroatoms. The van der Waals surface area contributed by atoms with E-state index >= 15 is 0 Å². The molecule has 3 aromatic rings. The molecule has 0 aliphatic heterocycles. The van der Waals surface area contributed by atoms with Crippen molar-refractivity contribution in [1.82, 2.24) is 10.2 Å². The second kappa shape index (κ2) is 6.78. The smallest absolute Gasteiger partial charge is 0.236 e. The van der Waals surface area contributed by atoms with E-state index in [4.69, 9.17) is 16.3 Å². The number of fused-ring (bicyclic) bond motifs is 1. The first-order valence-electron chi connectivity index (χ1n) is 7.55. The fraction of sp³-hybridized carbons (Fsp3) is 0.353. The van der Waals surface area contributed by atoms with Crippen molar-refractivity contribution in [1.29, 1.82) is 0 Å². The molecule has 0 saturated heterocycles. The fourth-order valence-corrected chi connectivity index (χ4v) is 4.22. The van der Waals surface area contributed by atoms with Crippen molar-refractivity contribution >= 4 is 44.4 Å². The van der Waals surface area contributed by atoms with Gasteiger partial charge in [-0.25, -0.2) is 0 Å². The first-order valence-corrected chi connectivity index (χ1v) is 9.56. The van der Waals surface area contributed by atoms with E-state index in [0.29, 0.717) is 23.3 Å². The van der Waals surface area contributed by atoms with Gasteiger partial charge in [0.1, 0.15) is 17.4 Å². The minimum atomic E-state index is 0.0685. The Labute approximate surface area is 153 Å². The van der Waals surface area contributed by atoms with Crippen LogP contribution in [-0.2, 0) is 6.61 Å². The lowest BCUT2D eigenvalue weighted by atomic mass is 10.1. The highest BCUT2D eigenvalue weighted by Gasteiger charge is 2.12. The zero-order valence-corrected chi connectivity index (χ0v) is 16.2. The lowest BCUT2D eigenvalue weighted by Crippen LogP contribution is -2.02. The summed E-state index contributed by atoms with van der Waals surface area (Å²) in [5.41, 5.74) is 1.74. The summed E-state index contributed by atoms with van der Waals surface area (Å²) in [7, 11) is 0. The molecule has 0 aliphatic rings. The van der Waals surface area contributed by atoms with E-state index in [9.17, 15) is 4.79 Å². The van der Waals surface area contributed by atoms with Gasteiger partial charge in [-0.05, 0) is 36.9 Å². The van der Waals surface area contributed by atoms with Crippen molar-refractivity contribution in [2.24, 2.45) is 0 Å². The second-order valence-corrected chi connectivity index (χ2v) is 8.41. The minimum Gasteiger partial charge on any atom is -0.485 e. The fourth-order valence-electron chi connectivity index (χ4n) is 2.25. The van der Waals surface area contributed by atoms with Crippen LogP contribution >= 0.6 is 34.3 Å². The van der Waals surface area contributed by atoms with Crippen molar-refractivity contribution in [3.8, 4) is 5.75 Å². The van der Waals surface area contributed by atoms with Crippen molar-refractivity contribution in [3.05, 3.63) is 47.8 Å². The van der Waals surface area contributed by atoms with Gasteiger partial charge in [0.05, 0.1) is 5.02 Å². The SMILES string of the molecule is Cc1c(C)c2cc(Cl)c(OCc3nnc(C(C)C)s3)cc2sc1=O. The number of aromatic nitrogens is 2. The average molecular weight is 381 g/mol. The van der Waals surface area contributed by atoms with Gasteiger partial charge in [0.25, 0.3) is 0 Å². The molecule has 2 aromatic heterocycles. The summed E-state index contributed by atoms with van der Waals surface area (Å²) in [4.78, 5) is 12.0. The summed E-state index contributed by atoms with van der Waals surface area (Å²) in [6.45, 7) is 8.26. The van der Waals surface area contributed by atoms with E-state index in [-0.39, 0.29) is 4.74 Å². The maximum Gasteiger partial charge on any atom is 0.236 e. The van der Waals surface area contributed by atoms with Crippen LogP contribution in [0.15, 0.2) is 16.9 Å². The Morgan fingerprint density at radius 2 is 1.92 bits per heavy atom. The van der Waals surface area contributed by atoms with Gasteiger partial charge in [0.2, 0.25) is 4.74 Å². The Balaban J connectivity index is 1.90. The third kappa shape index (κ3) is 3.31. The number of aryl methyl sites for hydroxylation is 1. The molecule has 0 amide bonds. The zero-order valence-electron chi connectivity index (χ0n) is 13.8. The van der Waals surface area contributed by atoms with Gasteiger partial charge < -0.3 is 4.74 Å². The summed E-state index contributed by atoms with van der Waals surface area (Å²) >= 11 is 9.11. The zero-order chi connectivity index (χ0) is 17.4. The summed E-state index contributed by atoms with van der Waals surface area (Å²) in [5, 5.41) is 11.6. The number of nitrogens with zero attached hydrogens (tertiary/aromatic N) is 2. The molecule has 0 saturated carbocycles. The molecule has 126 valence electrons. The molecule has 0 spiro atoms. The van der Waals surface area contributed by atoms with Crippen molar-refractivity contribution < 1.29 is 4.74 Å². The van der Waals surface area contributed by atoms with E-state index in [0.717, 1.165) is 31.2 Å². The van der Waals surface area contributed by atoms with Crippen LogP contribution in [-0.4, -0.2) is 10.2 Å². The van der Waals surface area contributed by atoms with Gasteiger partial charge in [-0.3, -0.25) is 4.79 Å². The van der Waals surface area contributed by atoms with Crippen LogP contribution in [0.25, 0.3) is 10.1 Å². The van der Waals surface area contributed by atoms with Crippen LogP contribution < -0.4 is 9.48 Å². The first-order chi connectivity index (χ1) is 11.4. The maximum atomic E-state index is 12.0. The molecular weight excluding hydrogens is 364 g/mol. The van der Waals surface area contributed by atoms with E-state index in [1.807, 2.05) is 26.0 Å². The molecule has 0 bridgehead atoms. The molecule has 0 radical (unpaired) electrons. The highest BCUT2D eigenvalue weighted by Crippen LogP contribution is 2.34. The Hall–Kier alpha value is -1.50. The van der Waals surface area contributed by atoms with Gasteiger partial charge in [-0.2, -0.15) is 0 Å². The van der Waals surface area contributed by atoms with E-state index in [1.165, 1.54) is 22.7 Å². The molecule has 0 unspecified atom stereocenters. The van der Waals surface area contributed by atoms with Gasteiger partial charge in [-0.1, -0.05) is 48.1 Å². The lowest BCUT2D eigenvalue weighted by molar-refractivity contribution is 0.305. The number of rotatable bonds is 4. The number of halogens is 1. The molecular formula is C17H17ClN2O2S2. The average Bonchev–Trinajstić information content (AvgIpc) is 3.01. The van der Waals surface area contributed by atoms with Crippen LogP contribution in [0.4, 0.5) is 0 Å². The number of hydrogen-bond acceptors (Lipinski definition) is 6. The molecule has 3 rings (SSSR count). The number of hydrogen-bond donors (Lipinski definition) is 0. The molecule has 2 heterocycles. The van der Waals surface area contributed by atoms with Crippen LogP contribution in [0.1, 0.15) is 40.9 Å². The number of ether oxygens (including phenoxy) is 1. The summed E-state index contributed by atoms with van der Waals surface area (Å²) in [6.07, 6.45) is 0. The Morgan fingerprint density at radius 1 is 1.17 bits per heavy atom. The first kappa shape index (κ1) is 17.3. The molecule has 4 nitrogen and oxygen atoms in total. The quantitative estimate of drug-likeness (QED) is 0.632. The largest absolute Gasteiger partial charge is 0.485 e. The van der Waals surface area contributed by atoms with Crippen LogP contribution in [0.3, 0.4) is 0 Å². The molecule has 1 aromatic carbocycles. The second-order valence-electron chi connectivity index (χ2n) is 5.90. The van der Waals surface area contributed by atoms with Crippen LogP contribution in [0.2, 0.25) is 5.02 Å². The Kier molecular flexibility index (Phi) is 4.90. The maximum absolute atomic E-state index is 12.0. The predicted molar refractivity (Wildman–Crippen MR) is 101 cm³/mol. The van der Waals surface area contributed by atoms with E-state index < -0.39 is 0 Å². The molecule has 24 heavy (non-hydrogen) atoms. The Bertz CT molecular complexity index is 963. The van der Waals surface area contributed by atoms with Crippen LogP contribution in [0, 0.1) is 13.8 Å². The van der Waals surface area contributed by atoms with E-state index in [2.05, 4.69) is 24.0 Å². The molecule has 0 fully saturated rings. The molecule has 0 N–H and O–H groups in total. The standard InChI is InChI=1S/C17H17ClN2O2S2/c1-8(2)16-20-19-15(24-16)7-22-13-6-14-11(5-12(13)18)9(3)10(4)17(21)23-14/h5-6,8H,7H2,1-4H3. The van der Waals surface area contributed by atoms with Crippen molar-refractivity contribution in [2.45, 2.75) is 40.2 Å². The van der Waals surface area contributed by atoms with Crippen LogP contribution in [0.5, 0.6) is 5.75 Å². The van der Waals surface area contributed by atoms with Crippen molar-refractivity contribution in [3.63, 3.8) is 0 Å². The predicted octanol–water partition coefficient (Wildman–Crippen LogP) is 5.09. The number of benzene rings is 1. The third-order valence-corrected chi connectivity index (χ3v) is 6.38. The highest BCUT2D eigenvalue weighted by atomic mass is 35.5. The topological polar surface area (TPSA) is 52.1 Å². The van der Waals surface area contributed by atoms with Crippen molar-refractivity contribution in [2.75, 3.05) is 0 Å². The van der Waals surface area contributed by atoms with Gasteiger partial charge >= 0.3 is 0 Å². The molecule has 0 aliphatic carbocycles.